The van der Waals surface area contributed by atoms with Crippen molar-refractivity contribution in [2.75, 3.05) is 33.3 Å². The average Bonchev–Trinajstić information content (AvgIpc) is 3.26. The van der Waals surface area contributed by atoms with Crippen LogP contribution in [0.25, 0.3) is 0 Å². The number of amides is 4. The second-order valence-corrected chi connectivity index (χ2v) is 7.85. The number of carbonyl (C=O) groups excluding carboxylic acids is 3. The van der Waals surface area contributed by atoms with E-state index in [0.29, 0.717) is 24.4 Å². The molecule has 2 fully saturated rings. The standard InChI is InChI=1S/C22H30N6O4/c1-32-18-9-6-8-17(13-18)25-22(26-21(23)31)24-14-16-7-2-3-12-28(20(16)30)15-19(29)27-10-4-5-11-27/h6,8-9,13-14,16H,2-5,7,10-12,15H2,1H3,(H3,23,25,26,31)/b24-14-. The van der Waals surface area contributed by atoms with Gasteiger partial charge in [0.05, 0.1) is 25.3 Å². The van der Waals surface area contributed by atoms with Gasteiger partial charge in [-0.1, -0.05) is 12.5 Å². The Kier molecular flexibility index (Phi) is 8.18. The van der Waals surface area contributed by atoms with Crippen LogP contribution in [0.2, 0.25) is 0 Å². The molecular weight excluding hydrogens is 412 g/mol. The number of nitrogens with one attached hydrogen (secondary N) is 1. The summed E-state index contributed by atoms with van der Waals surface area (Å²) in [6.07, 6.45) is 5.78. The van der Waals surface area contributed by atoms with Gasteiger partial charge in [0, 0.05) is 31.9 Å². The lowest BCUT2D eigenvalue weighted by Gasteiger charge is -2.25. The van der Waals surface area contributed by atoms with Gasteiger partial charge < -0.3 is 20.3 Å². The molecule has 10 heteroatoms. The molecule has 172 valence electrons. The predicted octanol–water partition coefficient (Wildman–Crippen LogP) is 1.67. The summed E-state index contributed by atoms with van der Waals surface area (Å²) in [7, 11) is 1.54. The van der Waals surface area contributed by atoms with Crippen molar-refractivity contribution in [1.29, 1.82) is 0 Å². The largest absolute Gasteiger partial charge is 0.497 e. The van der Waals surface area contributed by atoms with Crippen LogP contribution in [0, 0.1) is 5.92 Å². The Hall–Kier alpha value is -3.43. The van der Waals surface area contributed by atoms with Crippen LogP contribution in [0.4, 0.5) is 10.5 Å². The van der Waals surface area contributed by atoms with Crippen LogP contribution in [-0.4, -0.2) is 73.1 Å². The van der Waals surface area contributed by atoms with Gasteiger partial charge >= 0.3 is 6.03 Å². The molecule has 4 amide bonds. The number of hydrogen-bond acceptors (Lipinski definition) is 5. The van der Waals surface area contributed by atoms with Crippen LogP contribution >= 0.6 is 0 Å². The second-order valence-electron chi connectivity index (χ2n) is 7.85. The number of benzene rings is 1. The van der Waals surface area contributed by atoms with Crippen molar-refractivity contribution < 1.29 is 19.1 Å². The molecule has 2 heterocycles. The maximum Gasteiger partial charge on any atom is 0.319 e. The predicted molar refractivity (Wildman–Crippen MR) is 121 cm³/mol. The summed E-state index contributed by atoms with van der Waals surface area (Å²) in [6.45, 7) is 2.16. The molecular formula is C22H30N6O4. The zero-order valence-corrected chi connectivity index (χ0v) is 18.3. The fourth-order valence-electron chi connectivity index (χ4n) is 3.82. The molecule has 0 spiro atoms. The van der Waals surface area contributed by atoms with Gasteiger partial charge in [0.15, 0.2) is 0 Å². The molecule has 1 aromatic carbocycles. The molecule has 2 aliphatic rings. The smallest absolute Gasteiger partial charge is 0.319 e. The quantitative estimate of drug-likeness (QED) is 0.531. The summed E-state index contributed by atoms with van der Waals surface area (Å²) in [5, 5.41) is 2.38. The van der Waals surface area contributed by atoms with Gasteiger partial charge in [0.2, 0.25) is 17.8 Å². The van der Waals surface area contributed by atoms with Gasteiger partial charge in [-0.2, -0.15) is 0 Å². The number of nitrogens with two attached hydrogens (primary N) is 1. The van der Waals surface area contributed by atoms with Crippen molar-refractivity contribution in [1.82, 2.24) is 15.1 Å². The number of urea groups is 1. The molecule has 32 heavy (non-hydrogen) atoms. The van der Waals surface area contributed by atoms with Crippen LogP contribution in [0.5, 0.6) is 5.75 Å². The van der Waals surface area contributed by atoms with Gasteiger partial charge in [-0.25, -0.2) is 14.8 Å². The van der Waals surface area contributed by atoms with E-state index < -0.39 is 11.9 Å². The summed E-state index contributed by atoms with van der Waals surface area (Å²) in [5.41, 5.74) is 5.76. The van der Waals surface area contributed by atoms with Crippen molar-refractivity contribution in [3.8, 4) is 5.75 Å². The Morgan fingerprint density at radius 3 is 2.69 bits per heavy atom. The lowest BCUT2D eigenvalue weighted by Crippen LogP contribution is -2.44. The fraction of sp³-hybridized carbons (Fsp3) is 0.500. The number of aliphatic imine (C=N–C) groups is 2. The average molecular weight is 443 g/mol. The molecule has 0 aromatic heterocycles. The Morgan fingerprint density at radius 2 is 1.97 bits per heavy atom. The highest BCUT2D eigenvalue weighted by atomic mass is 16.5. The third kappa shape index (κ3) is 6.53. The third-order valence-corrected chi connectivity index (χ3v) is 5.51. The highest BCUT2D eigenvalue weighted by Crippen LogP contribution is 2.20. The van der Waals surface area contributed by atoms with E-state index in [0.717, 1.165) is 38.8 Å². The van der Waals surface area contributed by atoms with Crippen molar-refractivity contribution >= 4 is 35.7 Å². The lowest BCUT2D eigenvalue weighted by molar-refractivity contribution is -0.140. The molecule has 2 aliphatic heterocycles. The first-order valence-corrected chi connectivity index (χ1v) is 10.9. The van der Waals surface area contributed by atoms with E-state index in [2.05, 4.69) is 15.3 Å². The SMILES string of the molecule is COc1cccc(N=C(/N=C\C2CCCCN(CC(=O)N3CCCC3)C2=O)NC(N)=O)c1. The van der Waals surface area contributed by atoms with E-state index in [-0.39, 0.29) is 24.3 Å². The summed E-state index contributed by atoms with van der Waals surface area (Å²) in [5.74, 6) is -0.0785. The molecule has 1 aromatic rings. The van der Waals surface area contributed by atoms with Crippen molar-refractivity contribution in [3.63, 3.8) is 0 Å². The highest BCUT2D eigenvalue weighted by molar-refractivity contribution is 6.03. The topological polar surface area (TPSA) is 130 Å². The number of guanidine groups is 1. The molecule has 10 nitrogen and oxygen atoms in total. The molecule has 1 unspecified atom stereocenters. The Labute approximate surface area is 187 Å². The number of carbonyl (C=O) groups is 3. The number of primary amides is 1. The first kappa shape index (κ1) is 23.2. The van der Waals surface area contributed by atoms with Gasteiger partial charge in [-0.15, -0.1) is 0 Å². The normalized spacial score (nSPS) is 19.8. The monoisotopic (exact) mass is 442 g/mol. The minimum Gasteiger partial charge on any atom is -0.497 e. The number of methoxy groups -OCH3 is 1. The lowest BCUT2D eigenvalue weighted by atomic mass is 10.0. The third-order valence-electron chi connectivity index (χ3n) is 5.51. The summed E-state index contributed by atoms with van der Waals surface area (Å²) < 4.78 is 5.18. The minimum absolute atomic E-state index is 0.0101. The second kappa shape index (κ2) is 11.3. The van der Waals surface area contributed by atoms with Crippen molar-refractivity contribution in [2.24, 2.45) is 21.6 Å². The van der Waals surface area contributed by atoms with Gasteiger partial charge in [0.25, 0.3) is 0 Å². The summed E-state index contributed by atoms with van der Waals surface area (Å²) in [6, 6.07) is 6.12. The van der Waals surface area contributed by atoms with Gasteiger partial charge in [-0.3, -0.25) is 14.9 Å². The van der Waals surface area contributed by atoms with Crippen LogP contribution in [0.3, 0.4) is 0 Å². The molecule has 3 rings (SSSR count). The Balaban J connectivity index is 1.73. The summed E-state index contributed by atoms with van der Waals surface area (Å²) >= 11 is 0. The molecule has 0 bridgehead atoms. The van der Waals surface area contributed by atoms with E-state index in [4.69, 9.17) is 10.5 Å². The number of ether oxygens (including phenoxy) is 1. The van der Waals surface area contributed by atoms with Crippen LogP contribution in [0.1, 0.15) is 32.1 Å². The van der Waals surface area contributed by atoms with E-state index in [1.807, 2.05) is 4.90 Å². The van der Waals surface area contributed by atoms with Crippen molar-refractivity contribution in [3.05, 3.63) is 24.3 Å². The van der Waals surface area contributed by atoms with E-state index >= 15 is 0 Å². The highest BCUT2D eigenvalue weighted by Gasteiger charge is 2.29. The Bertz CT molecular complexity index is 894. The maximum absolute atomic E-state index is 13.1. The number of likely N-dealkylation sites (tertiary alicyclic amines) is 2. The molecule has 0 radical (unpaired) electrons. The Morgan fingerprint density at radius 1 is 1.22 bits per heavy atom. The van der Waals surface area contributed by atoms with E-state index in [1.54, 1.807) is 36.3 Å². The van der Waals surface area contributed by atoms with Crippen LogP contribution in [-0.2, 0) is 9.59 Å². The van der Waals surface area contributed by atoms with Crippen LogP contribution < -0.4 is 15.8 Å². The first-order chi connectivity index (χ1) is 15.5. The number of hydrogen-bond donors (Lipinski definition) is 2. The fourth-order valence-corrected chi connectivity index (χ4v) is 3.82. The number of nitrogens with zero attached hydrogens (tertiary/aromatic N) is 4. The van der Waals surface area contributed by atoms with Gasteiger partial charge in [0.1, 0.15) is 5.75 Å². The van der Waals surface area contributed by atoms with Gasteiger partial charge in [-0.05, 0) is 37.8 Å². The zero-order chi connectivity index (χ0) is 22.9. The molecule has 1 atom stereocenters. The molecule has 2 saturated heterocycles. The van der Waals surface area contributed by atoms with Crippen LogP contribution in [0.15, 0.2) is 34.3 Å². The minimum atomic E-state index is -0.811. The van der Waals surface area contributed by atoms with Crippen molar-refractivity contribution in [2.45, 2.75) is 32.1 Å². The summed E-state index contributed by atoms with van der Waals surface area (Å²) in [4.78, 5) is 49.0. The molecule has 0 aliphatic carbocycles. The first-order valence-electron chi connectivity index (χ1n) is 10.9. The van der Waals surface area contributed by atoms with E-state index in [1.165, 1.54) is 6.21 Å². The number of rotatable bonds is 5. The molecule has 3 N–H and O–H groups in total. The zero-order valence-electron chi connectivity index (χ0n) is 18.3. The van der Waals surface area contributed by atoms with E-state index in [9.17, 15) is 14.4 Å². The maximum atomic E-state index is 13.1. The molecule has 0 saturated carbocycles.